The lowest BCUT2D eigenvalue weighted by molar-refractivity contribution is -0.189. The Balaban J connectivity index is 2.53. The first-order valence-corrected chi connectivity index (χ1v) is 8.84. The molecule has 134 valence electrons. The van der Waals surface area contributed by atoms with E-state index in [9.17, 15) is 4.79 Å². The van der Waals surface area contributed by atoms with Crippen LogP contribution in [0.2, 0.25) is 0 Å². The van der Waals surface area contributed by atoms with Crippen LogP contribution in [0.25, 0.3) is 0 Å². The molecule has 4 atom stereocenters. The lowest BCUT2D eigenvalue weighted by Gasteiger charge is -2.39. The summed E-state index contributed by atoms with van der Waals surface area (Å²) in [7, 11) is 1.64. The van der Waals surface area contributed by atoms with Gasteiger partial charge in [-0.1, -0.05) is 51.7 Å². The van der Waals surface area contributed by atoms with Gasteiger partial charge in [-0.05, 0) is 12.8 Å². The SMILES string of the molecule is CCCCCCC/C=C/[C@@H]1OC[C@@H](C)[C@H](OC)[C@H]1OC(=O)CN. The number of carbonyl (C=O) groups excluding carboxylic acids is 1. The molecule has 0 amide bonds. The molecule has 1 aliphatic rings. The molecule has 1 saturated heterocycles. The summed E-state index contributed by atoms with van der Waals surface area (Å²) in [6, 6.07) is 0. The first kappa shape index (κ1) is 20.1. The van der Waals surface area contributed by atoms with Crippen molar-refractivity contribution in [2.24, 2.45) is 11.7 Å². The molecule has 1 rings (SSSR count). The molecule has 0 aromatic rings. The highest BCUT2D eigenvalue weighted by Crippen LogP contribution is 2.26. The summed E-state index contributed by atoms with van der Waals surface area (Å²) >= 11 is 0. The van der Waals surface area contributed by atoms with Crippen LogP contribution in [-0.4, -0.2) is 44.5 Å². The van der Waals surface area contributed by atoms with E-state index in [1.54, 1.807) is 7.11 Å². The van der Waals surface area contributed by atoms with Gasteiger partial charge in [-0.2, -0.15) is 0 Å². The van der Waals surface area contributed by atoms with Gasteiger partial charge < -0.3 is 19.9 Å². The second kappa shape index (κ2) is 11.6. The average molecular weight is 327 g/mol. The van der Waals surface area contributed by atoms with Gasteiger partial charge in [-0.15, -0.1) is 0 Å². The third kappa shape index (κ3) is 7.02. The molecule has 0 bridgehead atoms. The summed E-state index contributed by atoms with van der Waals surface area (Å²) in [5.41, 5.74) is 5.36. The Morgan fingerprint density at radius 3 is 2.65 bits per heavy atom. The Hall–Kier alpha value is -0.910. The predicted octanol–water partition coefficient (Wildman–Crippen LogP) is 2.82. The van der Waals surface area contributed by atoms with Crippen LogP contribution in [0.4, 0.5) is 0 Å². The zero-order valence-electron chi connectivity index (χ0n) is 14.8. The van der Waals surface area contributed by atoms with Crippen molar-refractivity contribution in [1.82, 2.24) is 0 Å². The third-order valence-electron chi connectivity index (χ3n) is 4.27. The maximum absolute atomic E-state index is 11.6. The highest BCUT2D eigenvalue weighted by Gasteiger charge is 2.40. The van der Waals surface area contributed by atoms with Crippen LogP contribution < -0.4 is 5.73 Å². The van der Waals surface area contributed by atoms with Crippen LogP contribution in [0.3, 0.4) is 0 Å². The monoisotopic (exact) mass is 327 g/mol. The normalized spacial score (nSPS) is 28.2. The van der Waals surface area contributed by atoms with Gasteiger partial charge in [0.05, 0.1) is 13.2 Å². The fourth-order valence-electron chi connectivity index (χ4n) is 2.92. The zero-order chi connectivity index (χ0) is 17.1. The molecule has 5 nitrogen and oxygen atoms in total. The fourth-order valence-corrected chi connectivity index (χ4v) is 2.92. The van der Waals surface area contributed by atoms with Gasteiger partial charge in [0.1, 0.15) is 12.2 Å². The summed E-state index contributed by atoms with van der Waals surface area (Å²) in [6.07, 6.45) is 10.6. The first-order valence-electron chi connectivity index (χ1n) is 8.84. The topological polar surface area (TPSA) is 70.8 Å². The van der Waals surface area contributed by atoms with Gasteiger partial charge in [-0.25, -0.2) is 0 Å². The Kier molecular flexibility index (Phi) is 10.2. The minimum absolute atomic E-state index is 0.130. The van der Waals surface area contributed by atoms with E-state index in [4.69, 9.17) is 19.9 Å². The highest BCUT2D eigenvalue weighted by molar-refractivity contribution is 5.71. The quantitative estimate of drug-likeness (QED) is 0.379. The number of methoxy groups -OCH3 is 1. The van der Waals surface area contributed by atoms with E-state index in [2.05, 4.69) is 13.0 Å². The molecule has 1 fully saturated rings. The number of nitrogens with two attached hydrogens (primary N) is 1. The predicted molar refractivity (Wildman–Crippen MR) is 91.2 cm³/mol. The molecule has 0 saturated carbocycles. The molecule has 23 heavy (non-hydrogen) atoms. The van der Waals surface area contributed by atoms with Crippen LogP contribution in [0.15, 0.2) is 12.2 Å². The summed E-state index contributed by atoms with van der Waals surface area (Å²) in [4.78, 5) is 11.6. The lowest BCUT2D eigenvalue weighted by atomic mass is 9.93. The number of carbonyl (C=O) groups is 1. The lowest BCUT2D eigenvalue weighted by Crippen LogP contribution is -2.52. The Bertz CT molecular complexity index is 359. The standard InChI is InChI=1S/C18H33NO4/c1-4-5-6-7-8-9-10-11-15-18(23-16(20)12-19)17(21-3)14(2)13-22-15/h10-11,14-15,17-18H,4-9,12-13,19H2,1-3H3/b11-10+/t14-,15+,17+,18+/m1/s1. The Morgan fingerprint density at radius 1 is 1.26 bits per heavy atom. The first-order chi connectivity index (χ1) is 11.1. The summed E-state index contributed by atoms with van der Waals surface area (Å²) < 4.78 is 16.8. The smallest absolute Gasteiger partial charge is 0.320 e. The van der Waals surface area contributed by atoms with Crippen molar-refractivity contribution in [3.8, 4) is 0 Å². The highest BCUT2D eigenvalue weighted by atomic mass is 16.6. The van der Waals surface area contributed by atoms with E-state index < -0.39 is 12.1 Å². The number of hydrogen-bond acceptors (Lipinski definition) is 5. The van der Waals surface area contributed by atoms with Crippen LogP contribution >= 0.6 is 0 Å². The van der Waals surface area contributed by atoms with Gasteiger partial charge in [0.2, 0.25) is 0 Å². The summed E-state index contributed by atoms with van der Waals surface area (Å²) in [5, 5.41) is 0. The average Bonchev–Trinajstić information content (AvgIpc) is 2.55. The summed E-state index contributed by atoms with van der Waals surface area (Å²) in [6.45, 7) is 4.72. The Morgan fingerprint density at radius 2 is 2.00 bits per heavy atom. The second-order valence-electron chi connectivity index (χ2n) is 6.27. The molecule has 0 unspecified atom stereocenters. The molecule has 2 N–H and O–H groups in total. The van der Waals surface area contributed by atoms with Crippen molar-refractivity contribution >= 4 is 5.97 Å². The number of allylic oxidation sites excluding steroid dienone is 1. The molecule has 0 spiro atoms. The van der Waals surface area contributed by atoms with E-state index in [0.717, 1.165) is 6.42 Å². The maximum atomic E-state index is 11.6. The Labute approximate surface area is 140 Å². The molecule has 0 aliphatic carbocycles. The van der Waals surface area contributed by atoms with E-state index >= 15 is 0 Å². The number of hydrogen-bond donors (Lipinski definition) is 1. The molecule has 5 heteroatoms. The van der Waals surface area contributed by atoms with Gasteiger partial charge in [0, 0.05) is 13.0 Å². The van der Waals surface area contributed by atoms with Crippen molar-refractivity contribution in [2.75, 3.05) is 20.3 Å². The number of esters is 1. The maximum Gasteiger partial charge on any atom is 0.320 e. The second-order valence-corrected chi connectivity index (χ2v) is 6.27. The van der Waals surface area contributed by atoms with Gasteiger partial charge in [0.15, 0.2) is 6.10 Å². The molecule has 1 aliphatic heterocycles. The van der Waals surface area contributed by atoms with Crippen LogP contribution in [0.1, 0.15) is 52.4 Å². The third-order valence-corrected chi connectivity index (χ3v) is 4.27. The van der Waals surface area contributed by atoms with Crippen LogP contribution in [-0.2, 0) is 19.0 Å². The number of ether oxygens (including phenoxy) is 3. The van der Waals surface area contributed by atoms with E-state index in [1.807, 2.05) is 13.0 Å². The van der Waals surface area contributed by atoms with Gasteiger partial charge >= 0.3 is 5.97 Å². The molecular weight excluding hydrogens is 294 g/mol. The largest absolute Gasteiger partial charge is 0.455 e. The van der Waals surface area contributed by atoms with Crippen molar-refractivity contribution in [3.63, 3.8) is 0 Å². The van der Waals surface area contributed by atoms with Crippen molar-refractivity contribution in [3.05, 3.63) is 12.2 Å². The molecule has 0 aromatic carbocycles. The van der Waals surface area contributed by atoms with Crippen LogP contribution in [0, 0.1) is 5.92 Å². The van der Waals surface area contributed by atoms with Crippen molar-refractivity contribution < 1.29 is 19.0 Å². The van der Waals surface area contributed by atoms with Crippen molar-refractivity contribution in [1.29, 1.82) is 0 Å². The van der Waals surface area contributed by atoms with Crippen LogP contribution in [0.5, 0.6) is 0 Å². The number of unbranched alkanes of at least 4 members (excludes halogenated alkanes) is 5. The van der Waals surface area contributed by atoms with Gasteiger partial charge in [-0.3, -0.25) is 4.79 Å². The van der Waals surface area contributed by atoms with E-state index in [0.29, 0.717) is 6.61 Å². The van der Waals surface area contributed by atoms with E-state index in [1.165, 1.54) is 32.1 Å². The molecular formula is C18H33NO4. The van der Waals surface area contributed by atoms with Gasteiger partial charge in [0.25, 0.3) is 0 Å². The summed E-state index contributed by atoms with van der Waals surface area (Å²) in [5.74, 6) is -0.248. The molecule has 1 heterocycles. The minimum Gasteiger partial charge on any atom is -0.455 e. The number of rotatable bonds is 10. The fraction of sp³-hybridized carbons (Fsp3) is 0.833. The molecule has 0 radical (unpaired) electrons. The zero-order valence-corrected chi connectivity index (χ0v) is 14.8. The van der Waals surface area contributed by atoms with Crippen molar-refractivity contribution in [2.45, 2.75) is 70.7 Å². The van der Waals surface area contributed by atoms with E-state index in [-0.39, 0.29) is 24.7 Å². The minimum atomic E-state index is -0.434. The molecule has 0 aromatic heterocycles.